The van der Waals surface area contributed by atoms with Gasteiger partial charge in [0.25, 0.3) is 0 Å². The first-order chi connectivity index (χ1) is 11.7. The Kier molecular flexibility index (Phi) is 4.99. The number of unbranched alkanes of at least 4 members (excludes halogenated alkanes) is 4. The zero-order valence-corrected chi connectivity index (χ0v) is 13.8. The molecule has 24 heavy (non-hydrogen) atoms. The van der Waals surface area contributed by atoms with Crippen LogP contribution in [0.25, 0.3) is 21.8 Å². The number of hydrogen-bond acceptors (Lipinski definition) is 3. The van der Waals surface area contributed by atoms with Crippen LogP contribution in [0.5, 0.6) is 5.75 Å². The fourth-order valence-electron chi connectivity index (χ4n) is 2.88. The summed E-state index contributed by atoms with van der Waals surface area (Å²) < 4.78 is 5.84. The smallest absolute Gasteiger partial charge is 0.354 e. The van der Waals surface area contributed by atoms with E-state index in [0.717, 1.165) is 34.0 Å². The molecule has 0 spiro atoms. The van der Waals surface area contributed by atoms with E-state index in [1.165, 1.54) is 25.7 Å². The lowest BCUT2D eigenvalue weighted by molar-refractivity contribution is 0.0690. The van der Waals surface area contributed by atoms with E-state index in [-0.39, 0.29) is 5.69 Å². The molecule has 5 heteroatoms. The minimum atomic E-state index is -1.02. The van der Waals surface area contributed by atoms with Crippen molar-refractivity contribution in [2.45, 2.75) is 39.0 Å². The van der Waals surface area contributed by atoms with Crippen molar-refractivity contribution in [1.29, 1.82) is 0 Å². The topological polar surface area (TPSA) is 75.2 Å². The quantitative estimate of drug-likeness (QED) is 0.585. The fourth-order valence-corrected chi connectivity index (χ4v) is 2.88. The number of rotatable bonds is 8. The summed E-state index contributed by atoms with van der Waals surface area (Å²) in [4.78, 5) is 18.3. The SMILES string of the molecule is CCCCCCCOc1ccc2[nH]c3cnc(C(=O)O)cc3c2c1. The van der Waals surface area contributed by atoms with Crippen LogP contribution in [0.1, 0.15) is 49.5 Å². The van der Waals surface area contributed by atoms with Crippen LogP contribution in [-0.2, 0) is 0 Å². The number of aromatic carboxylic acids is 1. The monoisotopic (exact) mass is 326 g/mol. The van der Waals surface area contributed by atoms with E-state index in [1.807, 2.05) is 18.2 Å². The third-order valence-corrected chi connectivity index (χ3v) is 4.19. The Labute approximate surface area is 140 Å². The van der Waals surface area contributed by atoms with Crippen molar-refractivity contribution < 1.29 is 14.6 Å². The van der Waals surface area contributed by atoms with E-state index in [2.05, 4.69) is 16.9 Å². The number of carboxylic acid groups (broad SMARTS) is 1. The Morgan fingerprint density at radius 3 is 2.71 bits per heavy atom. The number of carbonyl (C=O) groups is 1. The van der Waals surface area contributed by atoms with Gasteiger partial charge in [0.2, 0.25) is 0 Å². The maximum atomic E-state index is 11.1. The van der Waals surface area contributed by atoms with Crippen molar-refractivity contribution in [2.24, 2.45) is 0 Å². The van der Waals surface area contributed by atoms with E-state index >= 15 is 0 Å². The molecule has 5 nitrogen and oxygen atoms in total. The van der Waals surface area contributed by atoms with Crippen molar-refractivity contribution in [3.63, 3.8) is 0 Å². The molecule has 2 heterocycles. The first-order valence-electron chi connectivity index (χ1n) is 8.46. The average molecular weight is 326 g/mol. The zero-order chi connectivity index (χ0) is 16.9. The van der Waals surface area contributed by atoms with Crippen LogP contribution < -0.4 is 4.74 Å². The zero-order valence-electron chi connectivity index (χ0n) is 13.8. The molecule has 0 saturated heterocycles. The van der Waals surface area contributed by atoms with Crippen LogP contribution in [0.3, 0.4) is 0 Å². The van der Waals surface area contributed by atoms with Gasteiger partial charge in [0.15, 0.2) is 0 Å². The fraction of sp³-hybridized carbons (Fsp3) is 0.368. The van der Waals surface area contributed by atoms with Gasteiger partial charge in [-0.15, -0.1) is 0 Å². The molecule has 0 radical (unpaired) electrons. The van der Waals surface area contributed by atoms with Gasteiger partial charge in [0.05, 0.1) is 18.3 Å². The van der Waals surface area contributed by atoms with Crippen LogP contribution in [0.15, 0.2) is 30.5 Å². The van der Waals surface area contributed by atoms with Crippen molar-refractivity contribution >= 4 is 27.8 Å². The number of aromatic amines is 1. The standard InChI is InChI=1S/C19H22N2O3/c1-2-3-4-5-6-9-24-13-7-8-16-14(10-13)15-11-17(19(22)23)20-12-18(15)21-16/h7-8,10-12,21H,2-6,9H2,1H3,(H,22,23). The molecule has 0 atom stereocenters. The number of nitrogens with one attached hydrogen (secondary N) is 1. The number of fused-ring (bicyclic) bond motifs is 3. The molecule has 126 valence electrons. The third-order valence-electron chi connectivity index (χ3n) is 4.19. The average Bonchev–Trinajstić information content (AvgIpc) is 2.95. The molecule has 0 unspecified atom stereocenters. The molecule has 2 aromatic heterocycles. The number of carboxylic acids is 1. The third kappa shape index (κ3) is 3.50. The minimum Gasteiger partial charge on any atom is -0.494 e. The molecule has 0 fully saturated rings. The number of nitrogens with zero attached hydrogens (tertiary/aromatic N) is 1. The maximum Gasteiger partial charge on any atom is 0.354 e. The van der Waals surface area contributed by atoms with Crippen molar-refractivity contribution in [2.75, 3.05) is 6.61 Å². The largest absolute Gasteiger partial charge is 0.494 e. The first-order valence-corrected chi connectivity index (χ1v) is 8.46. The van der Waals surface area contributed by atoms with Crippen LogP contribution >= 0.6 is 0 Å². The Hall–Kier alpha value is -2.56. The Balaban J connectivity index is 1.77. The lowest BCUT2D eigenvalue weighted by Crippen LogP contribution is -1.98. The molecule has 0 aliphatic heterocycles. The van der Waals surface area contributed by atoms with Crippen LogP contribution in [-0.4, -0.2) is 27.7 Å². The van der Waals surface area contributed by atoms with Crippen LogP contribution in [0, 0.1) is 0 Å². The highest BCUT2D eigenvalue weighted by atomic mass is 16.5. The Morgan fingerprint density at radius 2 is 1.92 bits per heavy atom. The molecule has 0 bridgehead atoms. The highest BCUT2D eigenvalue weighted by Gasteiger charge is 2.10. The number of pyridine rings is 1. The van der Waals surface area contributed by atoms with E-state index < -0.39 is 5.97 Å². The van der Waals surface area contributed by atoms with Crippen molar-refractivity contribution in [1.82, 2.24) is 9.97 Å². The van der Waals surface area contributed by atoms with Gasteiger partial charge in [0, 0.05) is 16.3 Å². The summed E-state index contributed by atoms with van der Waals surface area (Å²) in [6.07, 6.45) is 7.59. The second-order valence-electron chi connectivity index (χ2n) is 6.02. The van der Waals surface area contributed by atoms with Gasteiger partial charge >= 0.3 is 5.97 Å². The highest BCUT2D eigenvalue weighted by Crippen LogP contribution is 2.29. The molecule has 1 aromatic carbocycles. The summed E-state index contributed by atoms with van der Waals surface area (Å²) in [6, 6.07) is 7.47. The lowest BCUT2D eigenvalue weighted by atomic mass is 10.1. The molecule has 2 N–H and O–H groups in total. The van der Waals surface area contributed by atoms with Gasteiger partial charge < -0.3 is 14.8 Å². The summed E-state index contributed by atoms with van der Waals surface area (Å²) in [5.41, 5.74) is 1.82. The van der Waals surface area contributed by atoms with Gasteiger partial charge in [-0.05, 0) is 30.7 Å². The summed E-state index contributed by atoms with van der Waals surface area (Å²) >= 11 is 0. The van der Waals surface area contributed by atoms with Crippen LogP contribution in [0.2, 0.25) is 0 Å². The molecular weight excluding hydrogens is 304 g/mol. The Morgan fingerprint density at radius 1 is 1.12 bits per heavy atom. The number of H-pyrrole nitrogens is 1. The number of ether oxygens (including phenoxy) is 1. The van der Waals surface area contributed by atoms with E-state index in [4.69, 9.17) is 9.84 Å². The van der Waals surface area contributed by atoms with Crippen molar-refractivity contribution in [3.05, 3.63) is 36.2 Å². The van der Waals surface area contributed by atoms with E-state index in [1.54, 1.807) is 12.3 Å². The summed E-state index contributed by atoms with van der Waals surface area (Å²) in [5.74, 6) is -0.210. The molecule has 0 aliphatic rings. The normalized spacial score (nSPS) is 11.2. The molecule has 0 amide bonds. The van der Waals surface area contributed by atoms with E-state index in [0.29, 0.717) is 6.61 Å². The second-order valence-corrected chi connectivity index (χ2v) is 6.02. The highest BCUT2D eigenvalue weighted by molar-refractivity contribution is 6.08. The summed E-state index contributed by atoms with van der Waals surface area (Å²) in [6.45, 7) is 2.91. The summed E-state index contributed by atoms with van der Waals surface area (Å²) in [5, 5.41) is 10.9. The predicted octanol–water partition coefficient (Wildman–Crippen LogP) is 4.76. The molecule has 3 aromatic rings. The minimum absolute atomic E-state index is 0.0469. The molecule has 0 aliphatic carbocycles. The Bertz CT molecular complexity index is 854. The second kappa shape index (κ2) is 7.34. The van der Waals surface area contributed by atoms with Gasteiger partial charge in [-0.3, -0.25) is 0 Å². The maximum absolute atomic E-state index is 11.1. The number of aromatic nitrogens is 2. The van der Waals surface area contributed by atoms with Crippen LogP contribution in [0.4, 0.5) is 0 Å². The van der Waals surface area contributed by atoms with Gasteiger partial charge in [0.1, 0.15) is 11.4 Å². The first kappa shape index (κ1) is 16.3. The summed E-state index contributed by atoms with van der Waals surface area (Å²) in [7, 11) is 0. The van der Waals surface area contributed by atoms with E-state index in [9.17, 15) is 4.79 Å². The van der Waals surface area contributed by atoms with Gasteiger partial charge in [-0.2, -0.15) is 0 Å². The van der Waals surface area contributed by atoms with Crippen molar-refractivity contribution in [3.8, 4) is 5.75 Å². The van der Waals surface area contributed by atoms with Gasteiger partial charge in [-0.25, -0.2) is 9.78 Å². The van der Waals surface area contributed by atoms with Gasteiger partial charge in [-0.1, -0.05) is 32.6 Å². The number of benzene rings is 1. The number of hydrogen-bond donors (Lipinski definition) is 2. The molecule has 0 saturated carbocycles. The molecule has 3 rings (SSSR count). The predicted molar refractivity (Wildman–Crippen MR) is 94.8 cm³/mol. The lowest BCUT2D eigenvalue weighted by Gasteiger charge is -2.06. The molecular formula is C19H22N2O3.